The van der Waals surface area contributed by atoms with Crippen molar-refractivity contribution in [1.82, 2.24) is 15.1 Å². The van der Waals surface area contributed by atoms with Crippen LogP contribution in [0.4, 0.5) is 5.69 Å². The third kappa shape index (κ3) is 4.88. The van der Waals surface area contributed by atoms with Gasteiger partial charge in [-0.3, -0.25) is 19.3 Å². The summed E-state index contributed by atoms with van der Waals surface area (Å²) in [6.07, 6.45) is 7.23. The molecular formula is C25H34N4O3. The third-order valence-electron chi connectivity index (χ3n) is 7.04. The Kier molecular flexibility index (Phi) is 6.94. The van der Waals surface area contributed by atoms with Crippen molar-refractivity contribution in [3.05, 3.63) is 41.6 Å². The molecule has 0 aliphatic carbocycles. The number of nitrogens with zero attached hydrogens (tertiary/aromatic N) is 3. The van der Waals surface area contributed by atoms with E-state index < -0.39 is 0 Å². The van der Waals surface area contributed by atoms with Gasteiger partial charge in [0, 0.05) is 43.9 Å². The van der Waals surface area contributed by atoms with E-state index >= 15 is 0 Å². The largest absolute Gasteiger partial charge is 0.367 e. The van der Waals surface area contributed by atoms with Crippen LogP contribution in [0.25, 0.3) is 0 Å². The summed E-state index contributed by atoms with van der Waals surface area (Å²) >= 11 is 0. The van der Waals surface area contributed by atoms with E-state index in [0.29, 0.717) is 35.5 Å². The lowest BCUT2D eigenvalue weighted by Gasteiger charge is -2.33. The first kappa shape index (κ1) is 22.5. The van der Waals surface area contributed by atoms with Crippen LogP contribution >= 0.6 is 0 Å². The predicted molar refractivity (Wildman–Crippen MR) is 124 cm³/mol. The zero-order valence-electron chi connectivity index (χ0n) is 19.2. The highest BCUT2D eigenvalue weighted by Gasteiger charge is 2.36. The maximum Gasteiger partial charge on any atom is 0.281 e. The maximum atomic E-state index is 12.9. The summed E-state index contributed by atoms with van der Waals surface area (Å²) in [4.78, 5) is 43.7. The molecule has 0 bridgehead atoms. The Hall–Kier alpha value is -2.67. The highest BCUT2D eigenvalue weighted by molar-refractivity contribution is 6.30. The van der Waals surface area contributed by atoms with Gasteiger partial charge in [-0.2, -0.15) is 0 Å². The molecule has 1 aromatic rings. The molecule has 32 heavy (non-hydrogen) atoms. The van der Waals surface area contributed by atoms with Crippen LogP contribution in [-0.2, 0) is 9.59 Å². The molecule has 1 unspecified atom stereocenters. The molecule has 7 nitrogen and oxygen atoms in total. The number of benzene rings is 1. The van der Waals surface area contributed by atoms with Gasteiger partial charge in [0.2, 0.25) is 0 Å². The average Bonchev–Trinajstić information content (AvgIpc) is 3.09. The summed E-state index contributed by atoms with van der Waals surface area (Å²) in [6.45, 7) is 8.61. The fourth-order valence-electron chi connectivity index (χ4n) is 4.85. The Morgan fingerprint density at radius 2 is 1.72 bits per heavy atom. The quantitative estimate of drug-likeness (QED) is 0.692. The van der Waals surface area contributed by atoms with Gasteiger partial charge in [0.15, 0.2) is 0 Å². The fraction of sp³-hybridized carbons (Fsp3) is 0.560. The molecule has 0 spiro atoms. The highest BCUT2D eigenvalue weighted by atomic mass is 16.2. The first-order chi connectivity index (χ1) is 15.4. The Morgan fingerprint density at radius 1 is 1.00 bits per heavy atom. The second-order valence-corrected chi connectivity index (χ2v) is 9.36. The molecule has 0 radical (unpaired) electrons. The summed E-state index contributed by atoms with van der Waals surface area (Å²) in [5.74, 6) is -0.0903. The number of rotatable bonds is 6. The number of anilines is 1. The molecule has 3 amide bonds. The molecule has 2 saturated heterocycles. The lowest BCUT2D eigenvalue weighted by Crippen LogP contribution is -2.42. The van der Waals surface area contributed by atoms with Crippen LogP contribution in [0.15, 0.2) is 36.0 Å². The predicted octanol–water partition coefficient (Wildman–Crippen LogP) is 2.78. The summed E-state index contributed by atoms with van der Waals surface area (Å²) < 4.78 is 0. The Bertz CT molecular complexity index is 887. The van der Waals surface area contributed by atoms with Crippen molar-refractivity contribution in [2.75, 3.05) is 37.6 Å². The third-order valence-corrected chi connectivity index (χ3v) is 7.04. The molecule has 7 heteroatoms. The lowest BCUT2D eigenvalue weighted by molar-refractivity contribution is -0.121. The Labute approximate surface area is 190 Å². The zero-order valence-corrected chi connectivity index (χ0v) is 19.2. The standard InChI is InChI=1S/C25H34N4O3/c1-18-10-14-28(15-11-18)22-17-23(30)29(25(22)32)21-8-6-20(7-9-21)24(31)26-12-16-27-13-4-3-5-19(27)2/h6-9,17-19H,3-5,10-16H2,1-2H3,(H,26,31). The Balaban J connectivity index is 1.32. The van der Waals surface area contributed by atoms with Crippen molar-refractivity contribution in [3.8, 4) is 0 Å². The number of nitrogens with one attached hydrogen (secondary N) is 1. The monoisotopic (exact) mass is 438 g/mol. The van der Waals surface area contributed by atoms with Crippen molar-refractivity contribution in [1.29, 1.82) is 0 Å². The van der Waals surface area contributed by atoms with Crippen LogP contribution in [-0.4, -0.2) is 66.3 Å². The van der Waals surface area contributed by atoms with Gasteiger partial charge < -0.3 is 10.2 Å². The SMILES string of the molecule is CC1CCN(C2=CC(=O)N(c3ccc(C(=O)NCCN4CCCCC4C)cc3)C2=O)CC1. The van der Waals surface area contributed by atoms with Crippen molar-refractivity contribution >= 4 is 23.4 Å². The first-order valence-corrected chi connectivity index (χ1v) is 11.9. The number of piperidine rings is 2. The molecule has 0 aromatic heterocycles. The van der Waals surface area contributed by atoms with E-state index in [0.717, 1.165) is 39.0 Å². The van der Waals surface area contributed by atoms with E-state index in [4.69, 9.17) is 0 Å². The van der Waals surface area contributed by atoms with Gasteiger partial charge in [0.05, 0.1) is 5.69 Å². The molecule has 0 saturated carbocycles. The smallest absolute Gasteiger partial charge is 0.281 e. The van der Waals surface area contributed by atoms with Gasteiger partial charge in [-0.25, -0.2) is 4.90 Å². The van der Waals surface area contributed by atoms with Gasteiger partial charge in [-0.15, -0.1) is 0 Å². The molecule has 3 heterocycles. The van der Waals surface area contributed by atoms with Gasteiger partial charge in [0.1, 0.15) is 5.70 Å². The topological polar surface area (TPSA) is 73.0 Å². The minimum atomic E-state index is -0.323. The molecule has 1 aromatic carbocycles. The number of carbonyl (C=O) groups is 3. The molecular weight excluding hydrogens is 404 g/mol. The second-order valence-electron chi connectivity index (χ2n) is 9.36. The van der Waals surface area contributed by atoms with Gasteiger partial charge in [0.25, 0.3) is 17.7 Å². The van der Waals surface area contributed by atoms with Crippen LogP contribution in [0, 0.1) is 5.92 Å². The van der Waals surface area contributed by atoms with Crippen molar-refractivity contribution in [2.45, 2.75) is 52.0 Å². The fourth-order valence-corrected chi connectivity index (χ4v) is 4.85. The summed E-state index contributed by atoms with van der Waals surface area (Å²) in [5, 5.41) is 2.98. The molecule has 1 atom stereocenters. The van der Waals surface area contributed by atoms with Crippen molar-refractivity contribution in [2.24, 2.45) is 5.92 Å². The maximum absolute atomic E-state index is 12.9. The number of amides is 3. The van der Waals surface area contributed by atoms with E-state index in [2.05, 4.69) is 24.1 Å². The molecule has 1 N–H and O–H groups in total. The molecule has 4 rings (SSSR count). The molecule has 3 aliphatic heterocycles. The van der Waals surface area contributed by atoms with E-state index in [1.807, 2.05) is 4.90 Å². The van der Waals surface area contributed by atoms with Gasteiger partial charge in [-0.1, -0.05) is 13.3 Å². The van der Waals surface area contributed by atoms with Gasteiger partial charge >= 0.3 is 0 Å². The Morgan fingerprint density at radius 3 is 2.41 bits per heavy atom. The molecule has 172 valence electrons. The second kappa shape index (κ2) is 9.86. The summed E-state index contributed by atoms with van der Waals surface area (Å²) in [6, 6.07) is 7.27. The van der Waals surface area contributed by atoms with Crippen LogP contribution in [0.5, 0.6) is 0 Å². The van der Waals surface area contributed by atoms with Gasteiger partial charge in [-0.05, 0) is 69.3 Å². The normalized spacial score (nSPS) is 22.9. The minimum Gasteiger partial charge on any atom is -0.367 e. The van der Waals surface area contributed by atoms with E-state index in [9.17, 15) is 14.4 Å². The number of hydrogen-bond acceptors (Lipinski definition) is 5. The molecule has 3 aliphatic rings. The lowest BCUT2D eigenvalue weighted by atomic mass is 9.99. The average molecular weight is 439 g/mol. The van der Waals surface area contributed by atoms with Crippen molar-refractivity contribution in [3.63, 3.8) is 0 Å². The van der Waals surface area contributed by atoms with Crippen molar-refractivity contribution < 1.29 is 14.4 Å². The zero-order chi connectivity index (χ0) is 22.7. The van der Waals surface area contributed by atoms with Crippen LogP contribution in [0.3, 0.4) is 0 Å². The van der Waals surface area contributed by atoms with Crippen LogP contribution < -0.4 is 10.2 Å². The summed E-state index contributed by atoms with van der Waals surface area (Å²) in [7, 11) is 0. The number of imide groups is 1. The van der Waals surface area contributed by atoms with Crippen LogP contribution in [0.1, 0.15) is 56.3 Å². The highest BCUT2D eigenvalue weighted by Crippen LogP contribution is 2.28. The first-order valence-electron chi connectivity index (χ1n) is 11.9. The minimum absolute atomic E-state index is 0.137. The van der Waals surface area contributed by atoms with E-state index in [1.54, 1.807) is 24.3 Å². The number of hydrogen-bond donors (Lipinski definition) is 1. The van der Waals surface area contributed by atoms with E-state index in [1.165, 1.54) is 30.2 Å². The number of carbonyl (C=O) groups excluding carboxylic acids is 3. The summed E-state index contributed by atoms with van der Waals surface area (Å²) in [5.41, 5.74) is 1.50. The number of likely N-dealkylation sites (tertiary alicyclic amines) is 2. The van der Waals surface area contributed by atoms with Crippen LogP contribution in [0.2, 0.25) is 0 Å². The van der Waals surface area contributed by atoms with E-state index in [-0.39, 0.29) is 17.7 Å². The molecule has 2 fully saturated rings.